The van der Waals surface area contributed by atoms with Gasteiger partial charge in [-0.25, -0.2) is 15.0 Å². The molecule has 0 aromatic carbocycles. The molecule has 2 saturated heterocycles. The molecule has 1 amide bonds. The van der Waals surface area contributed by atoms with E-state index in [1.54, 1.807) is 18.4 Å². The van der Waals surface area contributed by atoms with Crippen LogP contribution in [0, 0.1) is 24.2 Å². The van der Waals surface area contributed by atoms with Gasteiger partial charge in [-0.15, -0.1) is 12.3 Å². The summed E-state index contributed by atoms with van der Waals surface area (Å²) in [6.45, 7) is 3.47. The molecule has 13 nitrogen and oxygen atoms in total. The fourth-order valence-electron chi connectivity index (χ4n) is 4.40. The molecular weight excluding hydrogens is 468 g/mol. The molecular formula is C23H26N8O5. The number of aliphatic hydroxyl groups excluding tert-OH is 1. The van der Waals surface area contributed by atoms with Crippen LogP contribution in [-0.4, -0.2) is 73.4 Å². The lowest BCUT2D eigenvalue weighted by Crippen LogP contribution is -2.31. The van der Waals surface area contributed by atoms with Gasteiger partial charge in [0.25, 0.3) is 0 Å². The summed E-state index contributed by atoms with van der Waals surface area (Å²) in [5, 5.41) is 20.4. The third-order valence-corrected chi connectivity index (χ3v) is 6.10. The largest absolute Gasteiger partial charge is 0.394 e. The number of rotatable bonds is 7. The molecule has 3 aliphatic heterocycles. The monoisotopic (exact) mass is 494 g/mol. The summed E-state index contributed by atoms with van der Waals surface area (Å²) in [7, 11) is 0. The van der Waals surface area contributed by atoms with Gasteiger partial charge in [-0.2, -0.15) is 10.2 Å². The number of carbonyl (C=O) groups is 1. The summed E-state index contributed by atoms with van der Waals surface area (Å²) < 4.78 is 19.7. The Labute approximate surface area is 206 Å². The van der Waals surface area contributed by atoms with E-state index < -0.39 is 36.0 Å². The maximum atomic E-state index is 12.2. The maximum Gasteiger partial charge on any atom is 0.225 e. The zero-order chi connectivity index (χ0) is 25.5. The molecule has 5 rings (SSSR count). The fourth-order valence-corrected chi connectivity index (χ4v) is 4.40. The smallest absolute Gasteiger partial charge is 0.225 e. The highest BCUT2D eigenvalue weighted by Gasteiger charge is 2.56. The van der Waals surface area contributed by atoms with E-state index in [1.807, 2.05) is 0 Å². The van der Waals surface area contributed by atoms with Crippen molar-refractivity contribution in [1.82, 2.24) is 24.8 Å². The Morgan fingerprint density at radius 3 is 2.81 bits per heavy atom. The summed E-state index contributed by atoms with van der Waals surface area (Å²) in [6, 6.07) is 0. The standard InChI is InChI=1S/C23H26N8O5/c1-4-5-8-23(29-30-23)10-15(33)25-9-6-7-14-27-19(24)16-20(28-14)31(12-26-16)21-18-17(13(11-32)34-21)35-22(2,3)36-18/h1,12-13,17-18,21,32H,5,8-11H2,2-3H3,(H,25,33)(H2,24,27,28)/t13-,17?,18?,21-/m0/s1. The molecule has 2 unspecified atom stereocenters. The number of aliphatic hydroxyl groups is 1. The Balaban J connectivity index is 1.29. The molecule has 188 valence electrons. The average molecular weight is 495 g/mol. The normalized spacial score (nSPS) is 26.7. The Morgan fingerprint density at radius 2 is 2.08 bits per heavy atom. The van der Waals surface area contributed by atoms with E-state index in [4.69, 9.17) is 26.4 Å². The highest BCUT2D eigenvalue weighted by Crippen LogP contribution is 2.43. The van der Waals surface area contributed by atoms with Gasteiger partial charge in [0.05, 0.1) is 25.9 Å². The van der Waals surface area contributed by atoms with Crippen molar-refractivity contribution in [2.45, 2.75) is 69.1 Å². The van der Waals surface area contributed by atoms with Gasteiger partial charge in [-0.05, 0) is 19.8 Å². The lowest BCUT2D eigenvalue weighted by molar-refractivity contribution is -0.199. The molecule has 5 heterocycles. The Bertz CT molecular complexity index is 1310. The number of ether oxygens (including phenoxy) is 3. The molecule has 2 aromatic heterocycles. The minimum absolute atomic E-state index is 0.0819. The first kappa shape index (κ1) is 24.1. The van der Waals surface area contributed by atoms with Crippen molar-refractivity contribution >= 4 is 22.9 Å². The van der Waals surface area contributed by atoms with Crippen LogP contribution in [0.25, 0.3) is 11.2 Å². The molecule has 36 heavy (non-hydrogen) atoms. The van der Waals surface area contributed by atoms with Crippen LogP contribution in [0.4, 0.5) is 5.82 Å². The first-order valence-electron chi connectivity index (χ1n) is 11.5. The molecule has 0 saturated carbocycles. The number of nitrogens with zero attached hydrogens (tertiary/aromatic N) is 6. The Morgan fingerprint density at radius 1 is 1.31 bits per heavy atom. The number of nitrogen functional groups attached to an aromatic ring is 1. The van der Waals surface area contributed by atoms with Gasteiger partial charge in [-0.1, -0.05) is 5.92 Å². The number of carbonyl (C=O) groups excluding carboxylic acids is 1. The van der Waals surface area contributed by atoms with Crippen molar-refractivity contribution in [1.29, 1.82) is 0 Å². The maximum absolute atomic E-state index is 12.2. The van der Waals surface area contributed by atoms with E-state index in [2.05, 4.69) is 48.3 Å². The predicted molar refractivity (Wildman–Crippen MR) is 125 cm³/mol. The number of hydrogen-bond donors (Lipinski definition) is 3. The number of fused-ring (bicyclic) bond motifs is 2. The third-order valence-electron chi connectivity index (χ3n) is 6.10. The molecule has 0 radical (unpaired) electrons. The van der Waals surface area contributed by atoms with Crippen LogP contribution in [0.3, 0.4) is 0 Å². The van der Waals surface area contributed by atoms with Gasteiger partial charge in [0.2, 0.25) is 17.4 Å². The lowest BCUT2D eigenvalue weighted by atomic mass is 10.0. The molecule has 4 N–H and O–H groups in total. The minimum atomic E-state index is -0.821. The molecule has 4 atom stereocenters. The highest BCUT2D eigenvalue weighted by atomic mass is 16.8. The van der Waals surface area contributed by atoms with Crippen molar-refractivity contribution in [2.75, 3.05) is 18.9 Å². The van der Waals surface area contributed by atoms with Crippen molar-refractivity contribution in [3.8, 4) is 24.2 Å². The second kappa shape index (κ2) is 9.11. The van der Waals surface area contributed by atoms with Crippen LogP contribution in [0.15, 0.2) is 16.6 Å². The second-order valence-corrected chi connectivity index (χ2v) is 9.21. The third kappa shape index (κ3) is 4.62. The van der Waals surface area contributed by atoms with Crippen LogP contribution in [0.1, 0.15) is 45.2 Å². The van der Waals surface area contributed by atoms with Crippen molar-refractivity contribution in [3.05, 3.63) is 12.2 Å². The van der Waals surface area contributed by atoms with Crippen LogP contribution < -0.4 is 11.1 Å². The number of aromatic nitrogens is 4. The first-order valence-corrected chi connectivity index (χ1v) is 11.5. The van der Waals surface area contributed by atoms with Gasteiger partial charge in [0.1, 0.15) is 23.8 Å². The highest BCUT2D eigenvalue weighted by molar-refractivity contribution is 5.82. The molecule has 2 fully saturated rings. The minimum Gasteiger partial charge on any atom is -0.394 e. The second-order valence-electron chi connectivity index (χ2n) is 9.21. The SMILES string of the molecule is C#CCCC1(CC(=O)NCC#Cc2nc(N)c3ncn([C@H]4O[C@@H](CO)C5OC(C)(C)OC54)c3n2)N=N1. The van der Waals surface area contributed by atoms with Crippen LogP contribution in [-0.2, 0) is 19.0 Å². The van der Waals surface area contributed by atoms with E-state index in [0.29, 0.717) is 24.0 Å². The summed E-state index contributed by atoms with van der Waals surface area (Å²) in [5.74, 6) is 7.43. The van der Waals surface area contributed by atoms with Gasteiger partial charge in [-0.3, -0.25) is 9.36 Å². The van der Waals surface area contributed by atoms with Gasteiger partial charge >= 0.3 is 0 Å². The van der Waals surface area contributed by atoms with Crippen LogP contribution in [0.2, 0.25) is 0 Å². The van der Waals surface area contributed by atoms with Crippen molar-refractivity contribution in [2.24, 2.45) is 10.2 Å². The van der Waals surface area contributed by atoms with Crippen LogP contribution in [0.5, 0.6) is 0 Å². The number of anilines is 1. The van der Waals surface area contributed by atoms with Gasteiger partial charge < -0.3 is 30.4 Å². The van der Waals surface area contributed by atoms with Gasteiger partial charge in [0, 0.05) is 12.8 Å². The van der Waals surface area contributed by atoms with E-state index in [0.717, 1.165) is 0 Å². The molecule has 0 aliphatic carbocycles. The molecule has 0 spiro atoms. The zero-order valence-electron chi connectivity index (χ0n) is 19.8. The fraction of sp³-hybridized carbons (Fsp3) is 0.565. The molecule has 13 heteroatoms. The number of terminal acetylenes is 1. The number of imidazole rings is 1. The van der Waals surface area contributed by atoms with E-state index in [9.17, 15) is 9.90 Å². The van der Waals surface area contributed by atoms with E-state index in [1.165, 1.54) is 6.33 Å². The van der Waals surface area contributed by atoms with Gasteiger partial charge in [0.15, 0.2) is 23.5 Å². The Hall–Kier alpha value is -3.62. The van der Waals surface area contributed by atoms with Crippen molar-refractivity contribution in [3.63, 3.8) is 0 Å². The lowest BCUT2D eigenvalue weighted by Gasteiger charge is -2.24. The summed E-state index contributed by atoms with van der Waals surface area (Å²) >= 11 is 0. The predicted octanol–water partition coefficient (Wildman–Crippen LogP) is 0.252. The average Bonchev–Trinajstić information content (AvgIpc) is 3.15. The summed E-state index contributed by atoms with van der Waals surface area (Å²) in [5.41, 5.74) is 6.20. The number of nitrogens with one attached hydrogen (secondary N) is 1. The van der Waals surface area contributed by atoms with Crippen molar-refractivity contribution < 1.29 is 24.1 Å². The van der Waals surface area contributed by atoms with Crippen LogP contribution >= 0.6 is 0 Å². The first-order chi connectivity index (χ1) is 17.2. The zero-order valence-corrected chi connectivity index (χ0v) is 19.8. The number of amides is 1. The molecule has 3 aliphatic rings. The number of hydrogen-bond acceptors (Lipinski definition) is 11. The Kier molecular flexibility index (Phi) is 6.10. The molecule has 0 bridgehead atoms. The van der Waals surface area contributed by atoms with E-state index >= 15 is 0 Å². The summed E-state index contributed by atoms with van der Waals surface area (Å²) in [4.78, 5) is 25.2. The molecule has 2 aromatic rings. The topological polar surface area (TPSA) is 171 Å². The van der Waals surface area contributed by atoms with E-state index in [-0.39, 0.29) is 37.1 Å². The quantitative estimate of drug-likeness (QED) is 0.456. The number of nitrogens with two attached hydrogens (primary N) is 1. The summed E-state index contributed by atoms with van der Waals surface area (Å²) in [6.07, 6.45) is 5.84.